The van der Waals surface area contributed by atoms with Crippen molar-refractivity contribution in [1.82, 2.24) is 0 Å². The third-order valence-electron chi connectivity index (χ3n) is 2.07. The fraction of sp³-hybridized carbons (Fsp3) is 0.364. The highest BCUT2D eigenvalue weighted by atomic mass is 32.3. The van der Waals surface area contributed by atoms with Crippen molar-refractivity contribution >= 4 is 22.1 Å². The molecule has 0 unspecified atom stereocenters. The molecular formula is C11H14FNO2S. The van der Waals surface area contributed by atoms with Crippen molar-refractivity contribution in [2.45, 2.75) is 19.8 Å². The van der Waals surface area contributed by atoms with Crippen molar-refractivity contribution in [3.63, 3.8) is 0 Å². The first kappa shape index (κ1) is 12.8. The molecule has 0 saturated carbocycles. The van der Waals surface area contributed by atoms with E-state index < -0.39 is 16.0 Å². The van der Waals surface area contributed by atoms with Crippen molar-refractivity contribution < 1.29 is 12.3 Å². The summed E-state index contributed by atoms with van der Waals surface area (Å²) in [6, 6.07) is 7.38. The van der Waals surface area contributed by atoms with Gasteiger partial charge >= 0.3 is 10.2 Å². The Morgan fingerprint density at radius 2 is 1.88 bits per heavy atom. The lowest BCUT2D eigenvalue weighted by atomic mass is 10.0. The van der Waals surface area contributed by atoms with E-state index >= 15 is 0 Å². The Morgan fingerprint density at radius 1 is 1.31 bits per heavy atom. The van der Waals surface area contributed by atoms with Gasteiger partial charge < -0.3 is 0 Å². The van der Waals surface area contributed by atoms with Crippen LogP contribution in [-0.2, 0) is 10.2 Å². The normalized spacial score (nSPS) is 12.5. The molecule has 0 amide bonds. The van der Waals surface area contributed by atoms with Crippen LogP contribution in [0.1, 0.15) is 25.3 Å². The average Bonchev–Trinajstić information content (AvgIpc) is 2.16. The highest BCUT2D eigenvalue weighted by molar-refractivity contribution is 7.87. The van der Waals surface area contributed by atoms with Crippen molar-refractivity contribution in [1.29, 1.82) is 0 Å². The average molecular weight is 243 g/mol. The third kappa shape index (κ3) is 4.53. The van der Waals surface area contributed by atoms with E-state index in [1.54, 1.807) is 12.1 Å². The maximum atomic E-state index is 12.1. The molecule has 0 heterocycles. The molecule has 3 nitrogen and oxygen atoms in total. The fourth-order valence-electron chi connectivity index (χ4n) is 1.18. The highest BCUT2D eigenvalue weighted by Gasteiger charge is 2.03. The van der Waals surface area contributed by atoms with Gasteiger partial charge in [0.1, 0.15) is 5.75 Å². The Balaban J connectivity index is 2.69. The van der Waals surface area contributed by atoms with Crippen molar-refractivity contribution in [3.05, 3.63) is 29.8 Å². The molecule has 1 aromatic carbocycles. The minimum absolute atomic E-state index is 0.434. The van der Waals surface area contributed by atoms with Gasteiger partial charge in [0, 0.05) is 6.21 Å². The SMILES string of the molecule is CC(C)c1ccc(N=CCS(=O)(=O)F)cc1. The number of hydrogen-bond acceptors (Lipinski definition) is 3. The molecule has 1 aromatic rings. The molecule has 5 heteroatoms. The fourth-order valence-corrected chi connectivity index (χ4v) is 1.43. The number of benzene rings is 1. The zero-order chi connectivity index (χ0) is 12.2. The molecule has 0 aliphatic heterocycles. The van der Waals surface area contributed by atoms with Crippen LogP contribution in [-0.4, -0.2) is 20.4 Å². The Bertz CT molecular complexity index is 463. The van der Waals surface area contributed by atoms with Gasteiger partial charge in [-0.2, -0.15) is 8.42 Å². The zero-order valence-electron chi connectivity index (χ0n) is 9.22. The van der Waals surface area contributed by atoms with Crippen molar-refractivity contribution in [2.75, 3.05) is 5.75 Å². The van der Waals surface area contributed by atoms with Crippen LogP contribution >= 0.6 is 0 Å². The van der Waals surface area contributed by atoms with Crippen LogP contribution in [0.4, 0.5) is 9.57 Å². The van der Waals surface area contributed by atoms with Crippen LogP contribution in [0.3, 0.4) is 0 Å². The summed E-state index contributed by atoms with van der Waals surface area (Å²) in [6.07, 6.45) is 1.06. The minimum Gasteiger partial charge on any atom is -0.260 e. The predicted octanol–water partition coefficient (Wildman–Crippen LogP) is 2.81. The van der Waals surface area contributed by atoms with Gasteiger partial charge in [-0.1, -0.05) is 26.0 Å². The van der Waals surface area contributed by atoms with Crippen LogP contribution in [0.15, 0.2) is 29.3 Å². The minimum atomic E-state index is -4.47. The molecule has 0 radical (unpaired) electrons. The molecule has 0 fully saturated rings. The van der Waals surface area contributed by atoms with E-state index in [0.29, 0.717) is 11.6 Å². The van der Waals surface area contributed by atoms with Crippen LogP contribution in [0.2, 0.25) is 0 Å². The molecule has 88 valence electrons. The first-order chi connectivity index (χ1) is 7.38. The second kappa shape index (κ2) is 5.21. The number of aliphatic imine (C=N–C) groups is 1. The number of nitrogens with zero attached hydrogens (tertiary/aromatic N) is 1. The number of rotatable bonds is 4. The smallest absolute Gasteiger partial charge is 0.260 e. The van der Waals surface area contributed by atoms with Gasteiger partial charge in [0.25, 0.3) is 0 Å². The molecule has 0 bridgehead atoms. The molecule has 0 atom stereocenters. The van der Waals surface area contributed by atoms with Crippen molar-refractivity contribution in [2.24, 2.45) is 4.99 Å². The van der Waals surface area contributed by atoms with Gasteiger partial charge in [0.15, 0.2) is 0 Å². The maximum absolute atomic E-state index is 12.1. The van der Waals surface area contributed by atoms with E-state index in [-0.39, 0.29) is 0 Å². The molecule has 0 aliphatic carbocycles. The molecular weight excluding hydrogens is 229 g/mol. The first-order valence-corrected chi connectivity index (χ1v) is 6.48. The summed E-state index contributed by atoms with van der Waals surface area (Å²) in [5.41, 5.74) is 1.80. The summed E-state index contributed by atoms with van der Waals surface area (Å²) in [5.74, 6) is -0.247. The van der Waals surface area contributed by atoms with E-state index in [4.69, 9.17) is 0 Å². The van der Waals surface area contributed by atoms with Gasteiger partial charge in [0.2, 0.25) is 0 Å². The Morgan fingerprint density at radius 3 is 2.31 bits per heavy atom. The van der Waals surface area contributed by atoms with E-state index in [0.717, 1.165) is 6.21 Å². The van der Waals surface area contributed by atoms with E-state index in [9.17, 15) is 12.3 Å². The van der Waals surface area contributed by atoms with Crippen LogP contribution < -0.4 is 0 Å². The lowest BCUT2D eigenvalue weighted by molar-refractivity contribution is 0.557. The van der Waals surface area contributed by atoms with E-state index in [1.165, 1.54) is 5.56 Å². The summed E-state index contributed by atoms with van der Waals surface area (Å²) in [4.78, 5) is 3.85. The molecule has 0 spiro atoms. The maximum Gasteiger partial charge on any atom is 0.307 e. The quantitative estimate of drug-likeness (QED) is 0.603. The van der Waals surface area contributed by atoms with Gasteiger partial charge in [-0.15, -0.1) is 3.89 Å². The second-order valence-electron chi connectivity index (χ2n) is 3.76. The highest BCUT2D eigenvalue weighted by Crippen LogP contribution is 2.18. The monoisotopic (exact) mass is 243 g/mol. The van der Waals surface area contributed by atoms with E-state index in [2.05, 4.69) is 18.8 Å². The van der Waals surface area contributed by atoms with Crippen LogP contribution in [0.25, 0.3) is 0 Å². The van der Waals surface area contributed by atoms with Crippen LogP contribution in [0.5, 0.6) is 0 Å². The molecule has 0 saturated heterocycles. The van der Waals surface area contributed by atoms with Gasteiger partial charge in [-0.25, -0.2) is 0 Å². The topological polar surface area (TPSA) is 46.5 Å². The molecule has 0 N–H and O–H groups in total. The lowest BCUT2D eigenvalue weighted by Gasteiger charge is -2.04. The molecule has 0 aromatic heterocycles. The number of hydrogen-bond donors (Lipinski definition) is 0. The number of halogens is 1. The van der Waals surface area contributed by atoms with Gasteiger partial charge in [-0.05, 0) is 23.6 Å². The Labute approximate surface area is 95.2 Å². The molecule has 16 heavy (non-hydrogen) atoms. The largest absolute Gasteiger partial charge is 0.307 e. The van der Waals surface area contributed by atoms with Gasteiger partial charge in [-0.3, -0.25) is 4.99 Å². The summed E-state index contributed by atoms with van der Waals surface area (Å²) in [7, 11) is -4.47. The summed E-state index contributed by atoms with van der Waals surface area (Å²) in [5, 5.41) is 0. The Kier molecular flexibility index (Phi) is 4.18. The molecule has 1 rings (SSSR count). The van der Waals surface area contributed by atoms with E-state index in [1.807, 2.05) is 12.1 Å². The van der Waals surface area contributed by atoms with Gasteiger partial charge in [0.05, 0.1) is 5.69 Å². The Hall–Kier alpha value is -1.23. The second-order valence-corrected chi connectivity index (χ2v) is 5.17. The van der Waals surface area contributed by atoms with Crippen LogP contribution in [0, 0.1) is 0 Å². The first-order valence-electron chi connectivity index (χ1n) is 4.93. The molecule has 0 aliphatic rings. The lowest BCUT2D eigenvalue weighted by Crippen LogP contribution is -1.98. The van der Waals surface area contributed by atoms with Crippen molar-refractivity contribution in [3.8, 4) is 0 Å². The summed E-state index contributed by atoms with van der Waals surface area (Å²) < 4.78 is 32.6. The predicted molar refractivity (Wildman–Crippen MR) is 63.6 cm³/mol. The standard InChI is InChI=1S/C11H14FNO2S/c1-9(2)10-3-5-11(6-4-10)13-7-8-16(12,14)15/h3-7,9H,8H2,1-2H3. The third-order valence-corrected chi connectivity index (χ3v) is 2.62. The summed E-state index contributed by atoms with van der Waals surface area (Å²) in [6.45, 7) is 4.15. The zero-order valence-corrected chi connectivity index (χ0v) is 10.0. The summed E-state index contributed by atoms with van der Waals surface area (Å²) >= 11 is 0.